The summed E-state index contributed by atoms with van der Waals surface area (Å²) in [6, 6.07) is 0. The summed E-state index contributed by atoms with van der Waals surface area (Å²) in [5, 5.41) is 9.85. The second-order valence-corrected chi connectivity index (χ2v) is 7.97. The number of hydrogen-bond acceptors (Lipinski definition) is 7. The van der Waals surface area contributed by atoms with Crippen LogP contribution in [0.3, 0.4) is 0 Å². The molecular weight excluding hydrogens is 373 g/mol. The third kappa shape index (κ3) is 7.24. The summed E-state index contributed by atoms with van der Waals surface area (Å²) in [5.41, 5.74) is 0. The lowest BCUT2D eigenvalue weighted by molar-refractivity contribution is -0.124. The maximum Gasteiger partial charge on any atom is 0.470 e. The molecule has 132 valence electrons. The van der Waals surface area contributed by atoms with E-state index in [4.69, 9.17) is 29.4 Å². The molecule has 22 heavy (non-hydrogen) atoms. The molecule has 0 spiro atoms. The summed E-state index contributed by atoms with van der Waals surface area (Å²) in [6.45, 7) is 0. The number of aliphatic hydroxyl groups is 1. The molecule has 0 aromatic heterocycles. The minimum absolute atomic E-state index is 0.308. The average molecular weight is 388 g/mol. The second-order valence-electron chi connectivity index (χ2n) is 4.40. The minimum Gasteiger partial charge on any atom is -0.388 e. The van der Waals surface area contributed by atoms with E-state index in [1.54, 1.807) is 0 Å². The fourth-order valence-corrected chi connectivity index (χ4v) is 3.70. The van der Waals surface area contributed by atoms with Crippen molar-refractivity contribution in [2.75, 3.05) is 0 Å². The van der Waals surface area contributed by atoms with E-state index in [2.05, 4.69) is 13.6 Å². The first-order chi connectivity index (χ1) is 9.68. The van der Waals surface area contributed by atoms with Crippen molar-refractivity contribution in [3.8, 4) is 0 Å². The third-order valence-electron chi connectivity index (χ3n) is 2.62. The van der Waals surface area contributed by atoms with Crippen LogP contribution in [0.15, 0.2) is 0 Å². The average Bonchev–Trinajstić information content (AvgIpc) is 2.22. The van der Waals surface area contributed by atoms with Crippen molar-refractivity contribution in [3.05, 3.63) is 0 Å². The quantitative estimate of drug-likeness (QED) is 0.260. The number of hydrogen-bond donors (Lipinski definition) is 7. The maximum atomic E-state index is 10.9. The SMILES string of the molecule is O=P(O)(O)OC1CCC(OP(=O)(O)O)[C@H](OP(=O)(O)O)[C@@H]1O. The van der Waals surface area contributed by atoms with Crippen molar-refractivity contribution in [2.24, 2.45) is 0 Å². The van der Waals surface area contributed by atoms with E-state index in [-0.39, 0.29) is 12.8 Å². The largest absolute Gasteiger partial charge is 0.470 e. The highest BCUT2D eigenvalue weighted by molar-refractivity contribution is 7.46. The number of phosphoric ester groups is 3. The molecule has 0 heterocycles. The molecule has 0 bridgehead atoms. The molecule has 0 aliphatic heterocycles. The van der Waals surface area contributed by atoms with E-state index in [0.29, 0.717) is 0 Å². The van der Waals surface area contributed by atoms with Crippen LogP contribution in [0.1, 0.15) is 12.8 Å². The monoisotopic (exact) mass is 388 g/mol. The van der Waals surface area contributed by atoms with Gasteiger partial charge in [0.05, 0.1) is 12.2 Å². The molecule has 0 saturated heterocycles. The Balaban J connectivity index is 2.97. The van der Waals surface area contributed by atoms with Crippen LogP contribution in [0.5, 0.6) is 0 Å². The first-order valence-electron chi connectivity index (χ1n) is 5.58. The van der Waals surface area contributed by atoms with Gasteiger partial charge in [0, 0.05) is 0 Å². The normalized spacial score (nSPS) is 31.2. The molecule has 1 fully saturated rings. The van der Waals surface area contributed by atoms with Gasteiger partial charge < -0.3 is 34.5 Å². The van der Waals surface area contributed by atoms with Crippen LogP contribution in [0.25, 0.3) is 0 Å². The van der Waals surface area contributed by atoms with Gasteiger partial charge in [0.2, 0.25) is 0 Å². The zero-order valence-electron chi connectivity index (χ0n) is 10.6. The zero-order chi connectivity index (χ0) is 17.3. The lowest BCUT2D eigenvalue weighted by Gasteiger charge is -2.38. The summed E-state index contributed by atoms with van der Waals surface area (Å²) in [6.07, 6.45) is -7.84. The molecule has 13 nitrogen and oxygen atoms in total. The van der Waals surface area contributed by atoms with Gasteiger partial charge in [-0.3, -0.25) is 13.6 Å². The van der Waals surface area contributed by atoms with E-state index in [0.717, 1.165) is 0 Å². The molecule has 0 aromatic rings. The van der Waals surface area contributed by atoms with Crippen molar-refractivity contribution in [1.29, 1.82) is 0 Å². The van der Waals surface area contributed by atoms with Gasteiger partial charge >= 0.3 is 23.5 Å². The van der Waals surface area contributed by atoms with Gasteiger partial charge in [0.25, 0.3) is 0 Å². The van der Waals surface area contributed by atoms with Crippen LogP contribution in [-0.2, 0) is 27.3 Å². The van der Waals surface area contributed by atoms with Gasteiger partial charge in [-0.2, -0.15) is 0 Å². The van der Waals surface area contributed by atoms with Crippen LogP contribution >= 0.6 is 23.5 Å². The van der Waals surface area contributed by atoms with Gasteiger partial charge in [0.15, 0.2) is 0 Å². The smallest absolute Gasteiger partial charge is 0.388 e. The Morgan fingerprint density at radius 3 is 1.45 bits per heavy atom. The number of phosphoric acid groups is 3. The summed E-state index contributed by atoms with van der Waals surface area (Å²) in [4.78, 5) is 52.3. The third-order valence-corrected chi connectivity index (χ3v) is 4.23. The first-order valence-corrected chi connectivity index (χ1v) is 10.2. The highest BCUT2D eigenvalue weighted by atomic mass is 31.2. The predicted octanol–water partition coefficient (Wildman–Crippen LogP) is -1.43. The maximum absolute atomic E-state index is 10.9. The molecule has 1 rings (SSSR count). The van der Waals surface area contributed by atoms with Crippen LogP contribution in [0.2, 0.25) is 0 Å². The summed E-state index contributed by atoms with van der Waals surface area (Å²) in [5.74, 6) is 0. The van der Waals surface area contributed by atoms with Crippen molar-refractivity contribution in [3.63, 3.8) is 0 Å². The van der Waals surface area contributed by atoms with E-state index >= 15 is 0 Å². The number of rotatable bonds is 6. The van der Waals surface area contributed by atoms with E-state index in [1.165, 1.54) is 0 Å². The molecule has 1 aliphatic carbocycles. The Labute approximate surface area is 123 Å². The van der Waals surface area contributed by atoms with Crippen LogP contribution < -0.4 is 0 Å². The molecule has 16 heteroatoms. The molecule has 0 aromatic carbocycles. The Morgan fingerprint density at radius 1 is 0.682 bits per heavy atom. The Kier molecular flexibility index (Phi) is 6.51. The minimum atomic E-state index is -5.19. The molecular formula is C6H15O13P3. The van der Waals surface area contributed by atoms with Crippen LogP contribution in [0.4, 0.5) is 0 Å². The molecule has 4 atom stereocenters. The van der Waals surface area contributed by atoms with Crippen molar-refractivity contribution < 1.29 is 61.7 Å². The van der Waals surface area contributed by atoms with Crippen molar-refractivity contribution in [2.45, 2.75) is 37.3 Å². The summed E-state index contributed by atoms with van der Waals surface area (Å²) >= 11 is 0. The lowest BCUT2D eigenvalue weighted by atomic mass is 9.90. The van der Waals surface area contributed by atoms with Gasteiger partial charge in [-0.15, -0.1) is 0 Å². The van der Waals surface area contributed by atoms with Crippen molar-refractivity contribution >= 4 is 23.5 Å². The summed E-state index contributed by atoms with van der Waals surface area (Å²) in [7, 11) is -15.3. The topological polar surface area (TPSA) is 221 Å². The van der Waals surface area contributed by atoms with E-state index < -0.39 is 47.9 Å². The Morgan fingerprint density at radius 2 is 1.05 bits per heavy atom. The highest BCUT2D eigenvalue weighted by Crippen LogP contribution is 2.48. The van der Waals surface area contributed by atoms with Crippen LogP contribution in [0, 0.1) is 0 Å². The fraction of sp³-hybridized carbons (Fsp3) is 1.00. The highest BCUT2D eigenvalue weighted by Gasteiger charge is 2.47. The molecule has 2 unspecified atom stereocenters. The van der Waals surface area contributed by atoms with Gasteiger partial charge in [-0.1, -0.05) is 0 Å². The molecule has 0 radical (unpaired) electrons. The molecule has 7 N–H and O–H groups in total. The van der Waals surface area contributed by atoms with Gasteiger partial charge in [-0.05, 0) is 12.8 Å². The van der Waals surface area contributed by atoms with Crippen molar-refractivity contribution in [1.82, 2.24) is 0 Å². The van der Waals surface area contributed by atoms with Crippen LogP contribution in [-0.4, -0.2) is 58.9 Å². The Hall–Kier alpha value is 0.290. The Bertz CT molecular complexity index is 516. The molecule has 1 aliphatic rings. The fourth-order valence-electron chi connectivity index (χ4n) is 1.96. The van der Waals surface area contributed by atoms with E-state index in [9.17, 15) is 18.8 Å². The summed E-state index contributed by atoms with van der Waals surface area (Å²) < 4.78 is 45.2. The predicted molar refractivity (Wildman–Crippen MR) is 66.0 cm³/mol. The van der Waals surface area contributed by atoms with Gasteiger partial charge in [-0.25, -0.2) is 13.7 Å². The first kappa shape index (κ1) is 20.3. The molecule has 0 amide bonds. The lowest BCUT2D eigenvalue weighted by Crippen LogP contribution is -2.51. The second kappa shape index (κ2) is 7.04. The van der Waals surface area contributed by atoms with Gasteiger partial charge in [0.1, 0.15) is 12.2 Å². The van der Waals surface area contributed by atoms with E-state index in [1.807, 2.05) is 0 Å². The number of aliphatic hydroxyl groups excluding tert-OH is 1. The molecule has 1 saturated carbocycles. The zero-order valence-corrected chi connectivity index (χ0v) is 13.3. The standard InChI is InChI=1S/C6H15O13P3/c7-5-3(17-20(8,9)10)1-2-4(18-21(11,12)13)6(5)19-22(14,15)16/h3-7H,1-2H2,(H2,8,9,10)(H2,11,12,13)(H2,14,15,16)/t3?,4?,5-,6+/m1/s1.